The number of aromatic amines is 1. The van der Waals surface area contributed by atoms with Crippen molar-refractivity contribution in [3.63, 3.8) is 0 Å². The second kappa shape index (κ2) is 2.60. The first kappa shape index (κ1) is 7.31. The third-order valence-electron chi connectivity index (χ3n) is 1.47. The lowest BCUT2D eigenvalue weighted by Gasteiger charge is -1.91. The third-order valence-corrected chi connectivity index (χ3v) is 2.76. The van der Waals surface area contributed by atoms with E-state index < -0.39 is 0 Å². The van der Waals surface area contributed by atoms with Crippen molar-refractivity contribution in [2.75, 3.05) is 0 Å². The monoisotopic (exact) mass is 274 g/mol. The Labute approximate surface area is 80.3 Å². The highest BCUT2D eigenvalue weighted by Gasteiger charge is 2.03. The lowest BCUT2D eigenvalue weighted by molar-refractivity contribution is 1.32. The number of rotatable bonds is 0. The van der Waals surface area contributed by atoms with Crippen LogP contribution in [0.5, 0.6) is 0 Å². The van der Waals surface area contributed by atoms with Crippen LogP contribution in [-0.2, 0) is 0 Å². The summed E-state index contributed by atoms with van der Waals surface area (Å²) in [6.45, 7) is 0. The van der Waals surface area contributed by atoms with E-state index in [0.29, 0.717) is 0 Å². The van der Waals surface area contributed by atoms with E-state index >= 15 is 0 Å². The maximum Gasteiger partial charge on any atom is 0.139 e. The zero-order chi connectivity index (χ0) is 7.84. The van der Waals surface area contributed by atoms with Gasteiger partial charge in [-0.05, 0) is 37.9 Å². The Hall–Kier alpha value is -0.350. The van der Waals surface area contributed by atoms with Crippen LogP contribution < -0.4 is 0 Å². The first-order valence-electron chi connectivity index (χ1n) is 3.06. The fraction of sp³-hybridized carbons (Fsp3) is 0. The molecular formula is C7H4Br2N2. The summed E-state index contributed by atoms with van der Waals surface area (Å²) in [7, 11) is 0. The van der Waals surface area contributed by atoms with Gasteiger partial charge < -0.3 is 4.98 Å². The molecule has 1 N–H and O–H groups in total. The number of H-pyrrole nitrogens is 1. The van der Waals surface area contributed by atoms with Gasteiger partial charge in [-0.25, -0.2) is 4.98 Å². The number of hydrogen-bond donors (Lipinski definition) is 1. The molecule has 0 aromatic carbocycles. The van der Waals surface area contributed by atoms with E-state index in [1.54, 1.807) is 6.20 Å². The fourth-order valence-corrected chi connectivity index (χ4v) is 2.28. The highest BCUT2D eigenvalue weighted by atomic mass is 79.9. The lowest BCUT2D eigenvalue weighted by Crippen LogP contribution is -1.74. The number of aromatic nitrogens is 2. The Kier molecular flexibility index (Phi) is 1.73. The van der Waals surface area contributed by atoms with E-state index in [9.17, 15) is 0 Å². The molecule has 2 heterocycles. The van der Waals surface area contributed by atoms with Crippen molar-refractivity contribution < 1.29 is 0 Å². The molecule has 0 fully saturated rings. The molecule has 0 radical (unpaired) electrons. The molecule has 0 bridgehead atoms. The number of halogens is 2. The summed E-state index contributed by atoms with van der Waals surface area (Å²) >= 11 is 6.85. The van der Waals surface area contributed by atoms with Crippen LogP contribution in [0.25, 0.3) is 11.0 Å². The zero-order valence-electron chi connectivity index (χ0n) is 5.44. The number of pyridine rings is 1. The molecule has 0 aliphatic rings. The molecule has 11 heavy (non-hydrogen) atoms. The summed E-state index contributed by atoms with van der Waals surface area (Å²) < 4.78 is 2.09. The average Bonchev–Trinajstić information content (AvgIpc) is 2.34. The maximum atomic E-state index is 4.15. The molecule has 0 spiro atoms. The number of fused-ring (bicyclic) bond motifs is 1. The summed E-state index contributed by atoms with van der Waals surface area (Å²) in [5.41, 5.74) is 0.895. The minimum atomic E-state index is 0.895. The van der Waals surface area contributed by atoms with Gasteiger partial charge in [0.1, 0.15) is 5.65 Å². The Morgan fingerprint density at radius 3 is 2.82 bits per heavy atom. The van der Waals surface area contributed by atoms with E-state index in [2.05, 4.69) is 41.8 Å². The van der Waals surface area contributed by atoms with Crippen molar-refractivity contribution >= 4 is 42.9 Å². The molecule has 0 amide bonds. The third kappa shape index (κ3) is 1.10. The van der Waals surface area contributed by atoms with Gasteiger partial charge in [0.15, 0.2) is 0 Å². The minimum absolute atomic E-state index is 0.895. The van der Waals surface area contributed by atoms with E-state index in [1.165, 1.54) is 0 Å². The molecule has 56 valence electrons. The topological polar surface area (TPSA) is 28.7 Å². The molecule has 4 heteroatoms. The van der Waals surface area contributed by atoms with Crippen molar-refractivity contribution in [1.82, 2.24) is 9.97 Å². The van der Waals surface area contributed by atoms with Crippen LogP contribution in [0.1, 0.15) is 0 Å². The Balaban J connectivity index is 2.96. The van der Waals surface area contributed by atoms with E-state index in [-0.39, 0.29) is 0 Å². The maximum absolute atomic E-state index is 4.15. The zero-order valence-corrected chi connectivity index (χ0v) is 8.61. The van der Waals surface area contributed by atoms with Gasteiger partial charge in [-0.3, -0.25) is 0 Å². The van der Waals surface area contributed by atoms with Crippen LogP contribution in [0.2, 0.25) is 0 Å². The number of nitrogens with zero attached hydrogens (tertiary/aromatic N) is 1. The summed E-state index contributed by atoms with van der Waals surface area (Å²) in [5, 5.41) is 1.09. The minimum Gasteiger partial charge on any atom is -0.345 e. The Morgan fingerprint density at radius 2 is 2.09 bits per heavy atom. The fourth-order valence-electron chi connectivity index (χ4n) is 0.979. The predicted octanol–water partition coefficient (Wildman–Crippen LogP) is 3.09. The van der Waals surface area contributed by atoms with Crippen LogP contribution in [-0.4, -0.2) is 9.97 Å². The molecule has 2 aromatic heterocycles. The molecule has 0 aliphatic heterocycles. The molecule has 0 aliphatic carbocycles. The second-order valence-electron chi connectivity index (χ2n) is 2.15. The van der Waals surface area contributed by atoms with Crippen LogP contribution in [0, 0.1) is 0 Å². The average molecular weight is 276 g/mol. The molecule has 0 atom stereocenters. The van der Waals surface area contributed by atoms with Crippen molar-refractivity contribution in [3.05, 3.63) is 27.4 Å². The van der Waals surface area contributed by atoms with Crippen LogP contribution in [0.4, 0.5) is 0 Å². The Morgan fingerprint density at radius 1 is 1.27 bits per heavy atom. The summed E-state index contributed by atoms with van der Waals surface area (Å²) in [4.78, 5) is 7.19. The van der Waals surface area contributed by atoms with Crippen LogP contribution in [0.15, 0.2) is 27.4 Å². The first-order chi connectivity index (χ1) is 5.29. The molecule has 2 aromatic rings. The first-order valence-corrected chi connectivity index (χ1v) is 4.65. The highest BCUT2D eigenvalue weighted by Crippen LogP contribution is 2.28. The van der Waals surface area contributed by atoms with Gasteiger partial charge >= 0.3 is 0 Å². The molecule has 2 rings (SSSR count). The smallest absolute Gasteiger partial charge is 0.139 e. The van der Waals surface area contributed by atoms with Crippen LogP contribution >= 0.6 is 31.9 Å². The molecule has 0 unspecified atom stereocenters. The quantitative estimate of drug-likeness (QED) is 0.786. The number of hydrogen-bond acceptors (Lipinski definition) is 1. The van der Waals surface area contributed by atoms with Crippen molar-refractivity contribution in [1.29, 1.82) is 0 Å². The van der Waals surface area contributed by atoms with Gasteiger partial charge in [0.25, 0.3) is 0 Å². The molecule has 0 saturated heterocycles. The van der Waals surface area contributed by atoms with Gasteiger partial charge in [-0.1, -0.05) is 0 Å². The summed E-state index contributed by atoms with van der Waals surface area (Å²) in [6, 6.07) is 1.92. The standard InChI is InChI=1S/C7H4Br2N2/c8-4-1-2-10-7-6(4)5(9)3-11-7/h1-3H,(H,10,11). The number of nitrogens with one attached hydrogen (secondary N) is 1. The van der Waals surface area contributed by atoms with E-state index in [1.807, 2.05) is 12.3 Å². The molecule has 2 nitrogen and oxygen atoms in total. The van der Waals surface area contributed by atoms with E-state index in [0.717, 1.165) is 20.0 Å². The molecular weight excluding hydrogens is 272 g/mol. The van der Waals surface area contributed by atoms with Gasteiger partial charge in [0.05, 0.1) is 0 Å². The van der Waals surface area contributed by atoms with Gasteiger partial charge in [-0.15, -0.1) is 0 Å². The summed E-state index contributed by atoms with van der Waals surface area (Å²) in [6.07, 6.45) is 3.64. The largest absolute Gasteiger partial charge is 0.345 e. The van der Waals surface area contributed by atoms with Gasteiger partial charge in [0.2, 0.25) is 0 Å². The van der Waals surface area contributed by atoms with Crippen molar-refractivity contribution in [2.24, 2.45) is 0 Å². The van der Waals surface area contributed by atoms with Gasteiger partial charge in [0, 0.05) is 26.7 Å². The van der Waals surface area contributed by atoms with Crippen molar-refractivity contribution in [2.45, 2.75) is 0 Å². The Bertz CT molecular complexity index is 394. The van der Waals surface area contributed by atoms with E-state index in [4.69, 9.17) is 0 Å². The highest BCUT2D eigenvalue weighted by molar-refractivity contribution is 9.11. The molecule has 0 saturated carbocycles. The second-order valence-corrected chi connectivity index (χ2v) is 3.86. The predicted molar refractivity (Wildman–Crippen MR) is 51.5 cm³/mol. The van der Waals surface area contributed by atoms with Crippen molar-refractivity contribution in [3.8, 4) is 0 Å². The van der Waals surface area contributed by atoms with Crippen LogP contribution in [0.3, 0.4) is 0 Å². The lowest BCUT2D eigenvalue weighted by atomic mass is 10.3. The normalized spacial score (nSPS) is 10.7. The summed E-state index contributed by atoms with van der Waals surface area (Å²) in [5.74, 6) is 0. The SMILES string of the molecule is Brc1ccnc2[nH]cc(Br)c12. The van der Waals surface area contributed by atoms with Gasteiger partial charge in [-0.2, -0.15) is 0 Å².